The maximum absolute atomic E-state index is 13.8. The molecule has 1 aliphatic heterocycles. The number of hydrogen-bond acceptors (Lipinski definition) is 7. The van der Waals surface area contributed by atoms with Gasteiger partial charge in [0.1, 0.15) is 0 Å². The van der Waals surface area contributed by atoms with Crippen LogP contribution < -0.4 is 14.5 Å². The molecule has 0 saturated carbocycles. The van der Waals surface area contributed by atoms with E-state index < -0.39 is 15.8 Å². The summed E-state index contributed by atoms with van der Waals surface area (Å²) in [7, 11) is 0.183. The SMILES string of the molecule is CN(C)c1nc(N2CCn3nc(CNS(C)(=O)=O)cc3C2)ncc1F. The molecule has 25 heavy (non-hydrogen) atoms. The zero-order chi connectivity index (χ0) is 18.2. The second-order valence-electron chi connectivity index (χ2n) is 6.10. The quantitative estimate of drug-likeness (QED) is 0.789. The van der Waals surface area contributed by atoms with Crippen molar-refractivity contribution >= 4 is 21.8 Å². The summed E-state index contributed by atoms with van der Waals surface area (Å²) < 4.78 is 40.4. The van der Waals surface area contributed by atoms with Gasteiger partial charge in [0.25, 0.3) is 0 Å². The zero-order valence-corrected chi connectivity index (χ0v) is 15.1. The maximum Gasteiger partial charge on any atom is 0.227 e. The van der Waals surface area contributed by atoms with Crippen LogP contribution in [-0.4, -0.2) is 55.1 Å². The van der Waals surface area contributed by atoms with Gasteiger partial charge < -0.3 is 9.80 Å². The fourth-order valence-corrected chi connectivity index (χ4v) is 3.01. The summed E-state index contributed by atoms with van der Waals surface area (Å²) in [6, 6.07) is 1.85. The monoisotopic (exact) mass is 369 g/mol. The van der Waals surface area contributed by atoms with E-state index in [4.69, 9.17) is 0 Å². The highest BCUT2D eigenvalue weighted by Gasteiger charge is 2.22. The fourth-order valence-electron chi connectivity index (χ4n) is 2.60. The molecular weight excluding hydrogens is 349 g/mol. The second kappa shape index (κ2) is 6.56. The van der Waals surface area contributed by atoms with Crippen LogP contribution in [0.15, 0.2) is 12.3 Å². The summed E-state index contributed by atoms with van der Waals surface area (Å²) in [6.45, 7) is 1.92. The molecule has 9 nitrogen and oxygen atoms in total. The molecule has 0 amide bonds. The van der Waals surface area contributed by atoms with Gasteiger partial charge in [-0.25, -0.2) is 22.5 Å². The molecule has 1 aliphatic rings. The summed E-state index contributed by atoms with van der Waals surface area (Å²) in [5.74, 6) is 0.223. The van der Waals surface area contributed by atoms with Gasteiger partial charge in [0.05, 0.1) is 43.5 Å². The molecule has 0 bridgehead atoms. The number of fused-ring (bicyclic) bond motifs is 1. The predicted octanol–water partition coefficient (Wildman–Crippen LogP) is -0.0524. The standard InChI is InChI=1S/C14H20FN7O2S/c1-20(2)13-12(15)8-16-14(18-13)21-4-5-22-11(9-21)6-10(19-22)7-17-25(3,23)24/h6,8,17H,4-5,7,9H2,1-3H3. The highest BCUT2D eigenvalue weighted by atomic mass is 32.2. The van der Waals surface area contributed by atoms with Gasteiger partial charge in [-0.15, -0.1) is 0 Å². The first kappa shape index (κ1) is 17.5. The van der Waals surface area contributed by atoms with Crippen LogP contribution >= 0.6 is 0 Å². The smallest absolute Gasteiger partial charge is 0.227 e. The molecule has 0 aliphatic carbocycles. The Balaban J connectivity index is 1.77. The molecule has 3 rings (SSSR count). The van der Waals surface area contributed by atoms with Crippen LogP contribution in [0.3, 0.4) is 0 Å². The first-order valence-electron chi connectivity index (χ1n) is 7.68. The Morgan fingerprint density at radius 1 is 1.36 bits per heavy atom. The lowest BCUT2D eigenvalue weighted by atomic mass is 10.3. The molecule has 1 N–H and O–H groups in total. The van der Waals surface area contributed by atoms with Crippen molar-refractivity contribution < 1.29 is 12.8 Å². The van der Waals surface area contributed by atoms with Gasteiger partial charge in [0.15, 0.2) is 11.6 Å². The van der Waals surface area contributed by atoms with E-state index >= 15 is 0 Å². The molecule has 0 aromatic carbocycles. The molecule has 0 atom stereocenters. The van der Waals surface area contributed by atoms with Gasteiger partial charge in [-0.2, -0.15) is 10.1 Å². The zero-order valence-electron chi connectivity index (χ0n) is 14.3. The summed E-state index contributed by atoms with van der Waals surface area (Å²) in [5, 5.41) is 4.40. The highest BCUT2D eigenvalue weighted by molar-refractivity contribution is 7.88. The van der Waals surface area contributed by atoms with Crippen molar-refractivity contribution in [2.75, 3.05) is 36.7 Å². The van der Waals surface area contributed by atoms with E-state index in [-0.39, 0.29) is 12.4 Å². The number of nitrogens with one attached hydrogen (secondary N) is 1. The van der Waals surface area contributed by atoms with E-state index in [9.17, 15) is 12.8 Å². The fraction of sp³-hybridized carbons (Fsp3) is 0.500. The van der Waals surface area contributed by atoms with Crippen molar-refractivity contribution in [3.8, 4) is 0 Å². The number of hydrogen-bond donors (Lipinski definition) is 1. The molecular formula is C14H20FN7O2S. The van der Waals surface area contributed by atoms with E-state index in [1.807, 2.05) is 15.6 Å². The van der Waals surface area contributed by atoms with E-state index in [0.717, 1.165) is 11.9 Å². The van der Waals surface area contributed by atoms with Crippen LogP contribution in [0.2, 0.25) is 0 Å². The van der Waals surface area contributed by atoms with Gasteiger partial charge in [-0.1, -0.05) is 0 Å². The Morgan fingerprint density at radius 3 is 2.80 bits per heavy atom. The first-order valence-corrected chi connectivity index (χ1v) is 9.57. The van der Waals surface area contributed by atoms with Crippen LogP contribution in [0.25, 0.3) is 0 Å². The molecule has 2 aromatic rings. The summed E-state index contributed by atoms with van der Waals surface area (Å²) in [6.07, 6.45) is 2.28. The molecule has 2 aromatic heterocycles. The lowest BCUT2D eigenvalue weighted by molar-refractivity contribution is 0.508. The molecule has 0 unspecified atom stereocenters. The molecule has 136 valence electrons. The normalized spacial score (nSPS) is 14.5. The van der Waals surface area contributed by atoms with Crippen molar-refractivity contribution in [2.45, 2.75) is 19.6 Å². The van der Waals surface area contributed by atoms with Crippen molar-refractivity contribution in [3.05, 3.63) is 29.5 Å². The molecule has 0 spiro atoms. The predicted molar refractivity (Wildman–Crippen MR) is 91.3 cm³/mol. The number of halogens is 1. The topological polar surface area (TPSA) is 96.3 Å². The minimum absolute atomic E-state index is 0.149. The van der Waals surface area contributed by atoms with Gasteiger partial charge >= 0.3 is 0 Å². The third kappa shape index (κ3) is 4.04. The van der Waals surface area contributed by atoms with Crippen LogP contribution in [0.5, 0.6) is 0 Å². The summed E-state index contributed by atoms with van der Waals surface area (Å²) in [5.41, 5.74) is 1.58. The van der Waals surface area contributed by atoms with E-state index in [1.54, 1.807) is 19.0 Å². The van der Waals surface area contributed by atoms with Crippen molar-refractivity contribution in [1.29, 1.82) is 0 Å². The highest BCUT2D eigenvalue weighted by Crippen LogP contribution is 2.21. The molecule has 11 heteroatoms. The Kier molecular flexibility index (Phi) is 4.60. The van der Waals surface area contributed by atoms with E-state index in [0.29, 0.717) is 31.3 Å². The number of nitrogens with zero attached hydrogens (tertiary/aromatic N) is 6. The average molecular weight is 369 g/mol. The first-order chi connectivity index (χ1) is 11.7. The number of anilines is 2. The Hall–Kier alpha value is -2.27. The Bertz CT molecular complexity index is 881. The average Bonchev–Trinajstić information content (AvgIpc) is 2.94. The third-order valence-corrected chi connectivity index (χ3v) is 4.45. The van der Waals surface area contributed by atoms with Gasteiger partial charge in [0.2, 0.25) is 16.0 Å². The largest absolute Gasteiger partial charge is 0.360 e. The number of aromatic nitrogens is 4. The second-order valence-corrected chi connectivity index (χ2v) is 7.93. The Morgan fingerprint density at radius 2 is 2.12 bits per heavy atom. The van der Waals surface area contributed by atoms with Crippen LogP contribution in [-0.2, 0) is 29.7 Å². The minimum Gasteiger partial charge on any atom is -0.360 e. The van der Waals surface area contributed by atoms with E-state index in [2.05, 4.69) is 19.8 Å². The lowest BCUT2D eigenvalue weighted by Crippen LogP contribution is -2.35. The van der Waals surface area contributed by atoms with Gasteiger partial charge in [-0.05, 0) is 6.07 Å². The molecule has 0 saturated heterocycles. The maximum atomic E-state index is 13.8. The van der Waals surface area contributed by atoms with Gasteiger partial charge in [-0.3, -0.25) is 4.68 Å². The van der Waals surface area contributed by atoms with Crippen molar-refractivity contribution in [2.24, 2.45) is 0 Å². The summed E-state index contributed by atoms with van der Waals surface area (Å²) in [4.78, 5) is 11.9. The van der Waals surface area contributed by atoms with E-state index in [1.165, 1.54) is 6.20 Å². The molecule has 0 fully saturated rings. The summed E-state index contributed by atoms with van der Waals surface area (Å²) >= 11 is 0. The number of sulfonamides is 1. The van der Waals surface area contributed by atoms with Gasteiger partial charge in [0, 0.05) is 20.6 Å². The van der Waals surface area contributed by atoms with Crippen LogP contribution in [0.4, 0.5) is 16.2 Å². The molecule has 3 heterocycles. The Labute approximate surface area is 145 Å². The van der Waals surface area contributed by atoms with Crippen LogP contribution in [0.1, 0.15) is 11.4 Å². The minimum atomic E-state index is -3.26. The third-order valence-electron chi connectivity index (χ3n) is 3.78. The number of rotatable bonds is 5. The lowest BCUT2D eigenvalue weighted by Gasteiger charge is -2.28. The van der Waals surface area contributed by atoms with Crippen LogP contribution in [0, 0.1) is 5.82 Å². The van der Waals surface area contributed by atoms with Crippen molar-refractivity contribution in [3.63, 3.8) is 0 Å². The van der Waals surface area contributed by atoms with Crippen molar-refractivity contribution in [1.82, 2.24) is 24.5 Å². The molecule has 0 radical (unpaired) electrons.